The average molecular weight is 276 g/mol. The zero-order chi connectivity index (χ0) is 13.4. The van der Waals surface area contributed by atoms with E-state index >= 15 is 0 Å². The quantitative estimate of drug-likeness (QED) is 0.363. The predicted molar refractivity (Wildman–Crippen MR) is 74.2 cm³/mol. The van der Waals surface area contributed by atoms with Crippen LogP contribution in [0.3, 0.4) is 0 Å². The second-order valence-electron chi connectivity index (χ2n) is 4.55. The van der Waals surface area contributed by atoms with Gasteiger partial charge in [-0.05, 0) is 19.8 Å². The van der Waals surface area contributed by atoms with Gasteiger partial charge in [0.15, 0.2) is 5.96 Å². The van der Waals surface area contributed by atoms with Crippen molar-refractivity contribution in [3.05, 3.63) is 0 Å². The van der Waals surface area contributed by atoms with Crippen LogP contribution in [0.5, 0.6) is 0 Å². The van der Waals surface area contributed by atoms with Crippen LogP contribution in [0.4, 0.5) is 0 Å². The number of rotatable bonds is 6. The van der Waals surface area contributed by atoms with Crippen LogP contribution in [0.1, 0.15) is 32.6 Å². The third-order valence-electron chi connectivity index (χ3n) is 2.79. The van der Waals surface area contributed by atoms with Gasteiger partial charge in [0.05, 0.1) is 12.8 Å². The molecule has 1 fully saturated rings. The molecule has 0 amide bonds. The second kappa shape index (κ2) is 7.58. The van der Waals surface area contributed by atoms with Crippen LogP contribution in [0, 0.1) is 0 Å². The van der Waals surface area contributed by atoms with E-state index in [1.54, 1.807) is 0 Å². The summed E-state index contributed by atoms with van der Waals surface area (Å²) in [5.74, 6) is 0.778. The fraction of sp³-hybridized carbons (Fsp3) is 0.909. The lowest BCUT2D eigenvalue weighted by Crippen LogP contribution is -2.42. The lowest BCUT2D eigenvalue weighted by Gasteiger charge is -2.16. The van der Waals surface area contributed by atoms with Gasteiger partial charge in [0, 0.05) is 19.1 Å². The molecule has 1 rings (SSSR count). The van der Waals surface area contributed by atoms with Crippen molar-refractivity contribution in [1.82, 2.24) is 15.4 Å². The van der Waals surface area contributed by atoms with Gasteiger partial charge in [0.2, 0.25) is 10.0 Å². The van der Waals surface area contributed by atoms with Gasteiger partial charge >= 0.3 is 0 Å². The number of hydrogen-bond acceptors (Lipinski definition) is 3. The lowest BCUT2D eigenvalue weighted by atomic mass is 10.2. The summed E-state index contributed by atoms with van der Waals surface area (Å²) in [6.45, 7) is 3.59. The maximum absolute atomic E-state index is 10.9. The molecule has 0 aromatic rings. The molecule has 0 aromatic carbocycles. The maximum Gasteiger partial charge on any atom is 0.208 e. The summed E-state index contributed by atoms with van der Waals surface area (Å²) < 4.78 is 24.2. The summed E-state index contributed by atoms with van der Waals surface area (Å²) in [5, 5.41) is 6.54. The van der Waals surface area contributed by atoms with E-state index in [1.807, 2.05) is 6.92 Å². The standard InChI is InChI=1S/C11H24N4O2S/c1-3-12-11(15-10-6-4-5-7-10)13-8-9-14-18(2,16)17/h10,14H,3-9H2,1-2H3,(H2,12,13,15). The monoisotopic (exact) mass is 276 g/mol. The first-order valence-electron chi connectivity index (χ1n) is 6.50. The van der Waals surface area contributed by atoms with E-state index in [1.165, 1.54) is 25.7 Å². The number of sulfonamides is 1. The molecule has 0 aliphatic heterocycles. The lowest BCUT2D eigenvalue weighted by molar-refractivity contribution is 0.587. The maximum atomic E-state index is 10.9. The van der Waals surface area contributed by atoms with Gasteiger partial charge in [-0.25, -0.2) is 13.1 Å². The first-order chi connectivity index (χ1) is 8.51. The first kappa shape index (κ1) is 15.2. The predicted octanol–water partition coefficient (Wildman–Crippen LogP) is 0.0333. The molecule has 18 heavy (non-hydrogen) atoms. The summed E-state index contributed by atoms with van der Waals surface area (Å²) in [6.07, 6.45) is 6.07. The Morgan fingerprint density at radius 1 is 1.33 bits per heavy atom. The minimum absolute atomic E-state index is 0.333. The van der Waals surface area contributed by atoms with Crippen molar-refractivity contribution < 1.29 is 8.42 Å². The van der Waals surface area contributed by atoms with Crippen LogP contribution in [0.25, 0.3) is 0 Å². The fourth-order valence-corrected chi connectivity index (χ4v) is 2.44. The van der Waals surface area contributed by atoms with Gasteiger partial charge < -0.3 is 10.6 Å². The zero-order valence-corrected chi connectivity index (χ0v) is 12.0. The molecule has 0 bridgehead atoms. The number of nitrogens with one attached hydrogen (secondary N) is 3. The second-order valence-corrected chi connectivity index (χ2v) is 6.39. The van der Waals surface area contributed by atoms with E-state index < -0.39 is 10.0 Å². The van der Waals surface area contributed by atoms with Gasteiger partial charge in [-0.3, -0.25) is 4.99 Å². The van der Waals surface area contributed by atoms with E-state index in [9.17, 15) is 8.42 Å². The highest BCUT2D eigenvalue weighted by Gasteiger charge is 2.15. The van der Waals surface area contributed by atoms with Crippen molar-refractivity contribution >= 4 is 16.0 Å². The molecule has 0 aromatic heterocycles. The van der Waals surface area contributed by atoms with Crippen LogP contribution in [0.15, 0.2) is 4.99 Å². The molecule has 7 heteroatoms. The number of hydrogen-bond donors (Lipinski definition) is 3. The molecule has 6 nitrogen and oxygen atoms in total. The van der Waals surface area contributed by atoms with Crippen LogP contribution < -0.4 is 15.4 Å². The Balaban J connectivity index is 2.34. The average Bonchev–Trinajstić information content (AvgIpc) is 2.76. The van der Waals surface area contributed by atoms with Crippen molar-refractivity contribution in [2.24, 2.45) is 4.99 Å². The highest BCUT2D eigenvalue weighted by atomic mass is 32.2. The largest absolute Gasteiger partial charge is 0.357 e. The molecule has 0 saturated heterocycles. The van der Waals surface area contributed by atoms with Crippen molar-refractivity contribution in [2.75, 3.05) is 25.9 Å². The highest BCUT2D eigenvalue weighted by Crippen LogP contribution is 2.17. The zero-order valence-electron chi connectivity index (χ0n) is 11.2. The molecule has 0 unspecified atom stereocenters. The molecule has 0 atom stereocenters. The van der Waals surface area contributed by atoms with Gasteiger partial charge in [0.25, 0.3) is 0 Å². The van der Waals surface area contributed by atoms with Crippen LogP contribution in [0.2, 0.25) is 0 Å². The molecule has 1 aliphatic carbocycles. The smallest absolute Gasteiger partial charge is 0.208 e. The van der Waals surface area contributed by atoms with E-state index in [0.29, 0.717) is 19.1 Å². The van der Waals surface area contributed by atoms with E-state index in [-0.39, 0.29) is 0 Å². The normalized spacial score (nSPS) is 18.0. The van der Waals surface area contributed by atoms with Gasteiger partial charge in [0.1, 0.15) is 0 Å². The molecule has 0 radical (unpaired) electrons. The van der Waals surface area contributed by atoms with E-state index in [2.05, 4.69) is 20.3 Å². The van der Waals surface area contributed by atoms with E-state index in [0.717, 1.165) is 18.8 Å². The minimum Gasteiger partial charge on any atom is -0.357 e. The Morgan fingerprint density at radius 3 is 2.56 bits per heavy atom. The number of aliphatic imine (C=N–C) groups is 1. The van der Waals surface area contributed by atoms with Crippen molar-refractivity contribution in [3.63, 3.8) is 0 Å². The third kappa shape index (κ3) is 6.80. The first-order valence-corrected chi connectivity index (χ1v) is 8.40. The molecule has 106 valence electrons. The van der Waals surface area contributed by atoms with Crippen LogP contribution in [-0.4, -0.2) is 46.3 Å². The van der Waals surface area contributed by atoms with Gasteiger partial charge in [-0.2, -0.15) is 0 Å². The highest BCUT2D eigenvalue weighted by molar-refractivity contribution is 7.88. The molecule has 1 saturated carbocycles. The van der Waals surface area contributed by atoms with Crippen molar-refractivity contribution in [2.45, 2.75) is 38.6 Å². The summed E-state index contributed by atoms with van der Waals surface area (Å²) in [5.41, 5.74) is 0. The summed E-state index contributed by atoms with van der Waals surface area (Å²) in [7, 11) is -3.12. The van der Waals surface area contributed by atoms with Gasteiger partial charge in [-0.1, -0.05) is 12.8 Å². The Bertz CT molecular complexity index is 361. The molecule has 1 aliphatic rings. The van der Waals surface area contributed by atoms with Crippen molar-refractivity contribution in [3.8, 4) is 0 Å². The minimum atomic E-state index is -3.12. The Morgan fingerprint density at radius 2 is 2.00 bits per heavy atom. The van der Waals surface area contributed by atoms with E-state index in [4.69, 9.17) is 0 Å². The summed E-state index contributed by atoms with van der Waals surface area (Å²) >= 11 is 0. The third-order valence-corrected chi connectivity index (χ3v) is 3.51. The Kier molecular flexibility index (Phi) is 6.42. The molecular weight excluding hydrogens is 252 g/mol. The molecule has 3 N–H and O–H groups in total. The molecular formula is C11H24N4O2S. The summed E-state index contributed by atoms with van der Waals surface area (Å²) in [6, 6.07) is 0.505. The fourth-order valence-electron chi connectivity index (χ4n) is 1.98. The van der Waals surface area contributed by atoms with Crippen LogP contribution in [-0.2, 0) is 10.0 Å². The number of nitrogens with zero attached hydrogens (tertiary/aromatic N) is 1. The molecule has 0 heterocycles. The molecule has 0 spiro atoms. The summed E-state index contributed by atoms with van der Waals surface area (Å²) in [4.78, 5) is 4.35. The topological polar surface area (TPSA) is 82.6 Å². The Hall–Kier alpha value is -0.820. The van der Waals surface area contributed by atoms with Crippen molar-refractivity contribution in [1.29, 1.82) is 0 Å². The van der Waals surface area contributed by atoms with Gasteiger partial charge in [-0.15, -0.1) is 0 Å². The SMILES string of the molecule is CCNC(=NCCNS(C)(=O)=O)NC1CCCC1. The number of guanidine groups is 1. The Labute approximate surface area is 110 Å². The van der Waals surface area contributed by atoms with Crippen LogP contribution >= 0.6 is 0 Å².